The smallest absolute Gasteiger partial charge is 0.154 e. The molecule has 1 fully saturated rings. The summed E-state index contributed by atoms with van der Waals surface area (Å²) in [6.07, 6.45) is 8.30. The summed E-state index contributed by atoms with van der Waals surface area (Å²) >= 11 is 0. The molecule has 0 spiro atoms. The average molecular weight is 257 g/mol. The molecule has 3 rings (SSSR count). The number of hydrogen-bond donors (Lipinski definition) is 1. The number of carbonyl (C=O) groups is 1. The van der Waals surface area contributed by atoms with Crippen LogP contribution in [-0.2, 0) is 11.2 Å². The van der Waals surface area contributed by atoms with Crippen LogP contribution in [0.3, 0.4) is 0 Å². The summed E-state index contributed by atoms with van der Waals surface area (Å²) in [5.41, 5.74) is 2.57. The summed E-state index contributed by atoms with van der Waals surface area (Å²) in [4.78, 5) is 12.6. The summed E-state index contributed by atoms with van der Waals surface area (Å²) in [5.74, 6) is 1.04. The van der Waals surface area contributed by atoms with E-state index in [1.807, 2.05) is 6.07 Å². The van der Waals surface area contributed by atoms with Crippen molar-refractivity contribution in [3.63, 3.8) is 0 Å². The van der Waals surface area contributed by atoms with Crippen LogP contribution in [0.2, 0.25) is 0 Å². The predicted molar refractivity (Wildman–Crippen MR) is 77.1 cm³/mol. The van der Waals surface area contributed by atoms with E-state index in [2.05, 4.69) is 23.5 Å². The fourth-order valence-electron chi connectivity index (χ4n) is 3.59. The molecule has 1 N–H and O–H groups in total. The largest absolute Gasteiger partial charge is 0.303 e. The minimum Gasteiger partial charge on any atom is -0.303 e. The van der Waals surface area contributed by atoms with Gasteiger partial charge in [-0.25, -0.2) is 0 Å². The van der Waals surface area contributed by atoms with E-state index in [1.54, 1.807) is 0 Å². The Morgan fingerprint density at radius 1 is 1.16 bits per heavy atom. The van der Waals surface area contributed by atoms with Crippen LogP contribution in [0.4, 0.5) is 0 Å². The number of ketones is 1. The van der Waals surface area contributed by atoms with E-state index >= 15 is 0 Å². The second kappa shape index (κ2) is 5.87. The number of fused-ring (bicyclic) bond motifs is 1. The highest BCUT2D eigenvalue weighted by Crippen LogP contribution is 2.30. The molecule has 1 aliphatic heterocycles. The molecular formula is C17H23NO. The first-order valence-corrected chi connectivity index (χ1v) is 7.68. The Labute approximate surface area is 115 Å². The summed E-state index contributed by atoms with van der Waals surface area (Å²) in [7, 11) is 0. The number of carbonyl (C=O) groups excluding carboxylic acids is 1. The molecule has 2 nitrogen and oxygen atoms in total. The Morgan fingerprint density at radius 3 is 2.79 bits per heavy atom. The first-order chi connectivity index (χ1) is 9.34. The number of Topliss-reactive ketones (excluding diaryl/α,β-unsaturated/α-hetero) is 1. The zero-order valence-corrected chi connectivity index (χ0v) is 11.5. The molecule has 2 heteroatoms. The van der Waals surface area contributed by atoms with Crippen molar-refractivity contribution >= 4 is 5.78 Å². The standard InChI is InChI=1S/C17H23NO/c19-16(12-13-6-2-1-3-7-13)17-15-9-5-4-8-14(15)10-11-18-17/h4-5,8-9,13,17-18H,1-3,6-7,10-12H2. The van der Waals surface area contributed by atoms with Gasteiger partial charge in [-0.2, -0.15) is 0 Å². The number of hydrogen-bond acceptors (Lipinski definition) is 2. The van der Waals surface area contributed by atoms with Crippen LogP contribution in [0.25, 0.3) is 0 Å². The van der Waals surface area contributed by atoms with E-state index in [0.717, 1.165) is 19.4 Å². The van der Waals surface area contributed by atoms with E-state index in [9.17, 15) is 4.79 Å². The maximum atomic E-state index is 12.6. The van der Waals surface area contributed by atoms with Gasteiger partial charge in [-0.05, 0) is 23.5 Å². The van der Waals surface area contributed by atoms with Crippen molar-refractivity contribution in [2.45, 2.75) is 51.0 Å². The van der Waals surface area contributed by atoms with E-state index < -0.39 is 0 Å². The SMILES string of the molecule is O=C(CC1CCCCC1)C1NCCc2ccccc21. The van der Waals surface area contributed by atoms with Gasteiger partial charge in [0.05, 0.1) is 6.04 Å². The Hall–Kier alpha value is -1.15. The molecule has 1 heterocycles. The molecule has 1 aromatic rings. The lowest BCUT2D eigenvalue weighted by Gasteiger charge is -2.28. The van der Waals surface area contributed by atoms with Crippen molar-refractivity contribution in [3.05, 3.63) is 35.4 Å². The number of rotatable bonds is 3. The molecule has 1 atom stereocenters. The van der Waals surface area contributed by atoms with Gasteiger partial charge in [-0.3, -0.25) is 4.79 Å². The minimum absolute atomic E-state index is 0.0492. The molecule has 1 aromatic carbocycles. The van der Waals surface area contributed by atoms with Crippen LogP contribution in [-0.4, -0.2) is 12.3 Å². The van der Waals surface area contributed by atoms with Crippen LogP contribution in [0.1, 0.15) is 55.7 Å². The fourth-order valence-corrected chi connectivity index (χ4v) is 3.59. The van der Waals surface area contributed by atoms with Gasteiger partial charge in [0.2, 0.25) is 0 Å². The Bertz CT molecular complexity index is 448. The van der Waals surface area contributed by atoms with Crippen LogP contribution < -0.4 is 5.32 Å². The van der Waals surface area contributed by atoms with Crippen molar-refractivity contribution in [2.24, 2.45) is 5.92 Å². The Kier molecular flexibility index (Phi) is 3.97. The predicted octanol–water partition coefficient (Wildman–Crippen LogP) is 3.41. The van der Waals surface area contributed by atoms with Gasteiger partial charge in [0.25, 0.3) is 0 Å². The van der Waals surface area contributed by atoms with Crippen LogP contribution in [0.15, 0.2) is 24.3 Å². The van der Waals surface area contributed by atoms with Gasteiger partial charge in [0.15, 0.2) is 5.78 Å². The van der Waals surface area contributed by atoms with Crippen molar-refractivity contribution in [3.8, 4) is 0 Å². The lowest BCUT2D eigenvalue weighted by atomic mass is 9.82. The van der Waals surface area contributed by atoms with E-state index in [1.165, 1.54) is 43.2 Å². The lowest BCUT2D eigenvalue weighted by Crippen LogP contribution is -2.36. The van der Waals surface area contributed by atoms with E-state index in [-0.39, 0.29) is 6.04 Å². The van der Waals surface area contributed by atoms with Gasteiger partial charge >= 0.3 is 0 Å². The average Bonchev–Trinajstić information content (AvgIpc) is 2.47. The molecule has 1 saturated carbocycles. The molecule has 1 unspecified atom stereocenters. The highest BCUT2D eigenvalue weighted by molar-refractivity contribution is 5.86. The molecule has 102 valence electrons. The third-order valence-corrected chi connectivity index (χ3v) is 4.65. The molecule has 19 heavy (non-hydrogen) atoms. The number of nitrogens with one attached hydrogen (secondary N) is 1. The quantitative estimate of drug-likeness (QED) is 0.899. The summed E-state index contributed by atoms with van der Waals surface area (Å²) in [5, 5.41) is 3.42. The second-order valence-electron chi connectivity index (χ2n) is 6.01. The highest BCUT2D eigenvalue weighted by atomic mass is 16.1. The normalized spacial score (nSPS) is 23.9. The van der Waals surface area contributed by atoms with Gasteiger partial charge in [0, 0.05) is 13.0 Å². The highest BCUT2D eigenvalue weighted by Gasteiger charge is 2.27. The topological polar surface area (TPSA) is 29.1 Å². The van der Waals surface area contributed by atoms with Crippen LogP contribution in [0.5, 0.6) is 0 Å². The zero-order chi connectivity index (χ0) is 13.1. The lowest BCUT2D eigenvalue weighted by molar-refractivity contribution is -0.122. The van der Waals surface area contributed by atoms with Crippen molar-refractivity contribution < 1.29 is 4.79 Å². The molecule has 1 aliphatic carbocycles. The third kappa shape index (κ3) is 2.89. The maximum absolute atomic E-state index is 12.6. The third-order valence-electron chi connectivity index (χ3n) is 4.65. The van der Waals surface area contributed by atoms with Crippen molar-refractivity contribution in [1.29, 1.82) is 0 Å². The summed E-state index contributed by atoms with van der Waals surface area (Å²) < 4.78 is 0. The number of benzene rings is 1. The second-order valence-corrected chi connectivity index (χ2v) is 6.01. The van der Waals surface area contributed by atoms with Gasteiger partial charge in [-0.15, -0.1) is 0 Å². The maximum Gasteiger partial charge on any atom is 0.154 e. The van der Waals surface area contributed by atoms with E-state index in [0.29, 0.717) is 11.7 Å². The Morgan fingerprint density at radius 2 is 1.95 bits per heavy atom. The Balaban J connectivity index is 1.70. The zero-order valence-electron chi connectivity index (χ0n) is 11.5. The van der Waals surface area contributed by atoms with Gasteiger partial charge < -0.3 is 5.32 Å². The molecule has 0 amide bonds. The molecule has 0 radical (unpaired) electrons. The monoisotopic (exact) mass is 257 g/mol. The molecule has 2 aliphatic rings. The van der Waals surface area contributed by atoms with Gasteiger partial charge in [-0.1, -0.05) is 56.4 Å². The molecule has 0 aromatic heterocycles. The van der Waals surface area contributed by atoms with Gasteiger partial charge in [0.1, 0.15) is 0 Å². The minimum atomic E-state index is -0.0492. The molecule has 0 saturated heterocycles. The summed E-state index contributed by atoms with van der Waals surface area (Å²) in [6, 6.07) is 8.36. The van der Waals surface area contributed by atoms with Crippen molar-refractivity contribution in [2.75, 3.05) is 6.54 Å². The van der Waals surface area contributed by atoms with Crippen molar-refractivity contribution in [1.82, 2.24) is 5.32 Å². The fraction of sp³-hybridized carbons (Fsp3) is 0.588. The van der Waals surface area contributed by atoms with Crippen LogP contribution >= 0.6 is 0 Å². The van der Waals surface area contributed by atoms with Crippen LogP contribution in [0, 0.1) is 5.92 Å². The first kappa shape index (κ1) is 12.9. The van der Waals surface area contributed by atoms with E-state index in [4.69, 9.17) is 0 Å². The summed E-state index contributed by atoms with van der Waals surface area (Å²) in [6.45, 7) is 0.929. The molecular weight excluding hydrogens is 234 g/mol. The molecule has 0 bridgehead atoms. The first-order valence-electron chi connectivity index (χ1n) is 7.68.